The van der Waals surface area contributed by atoms with Crippen molar-refractivity contribution in [1.29, 1.82) is 0 Å². The second-order valence-corrected chi connectivity index (χ2v) is 4.91. The molecule has 0 aliphatic heterocycles. The molecule has 0 fully saturated rings. The van der Waals surface area contributed by atoms with Gasteiger partial charge in [-0.25, -0.2) is 0 Å². The molecule has 19 heavy (non-hydrogen) atoms. The molecular formula is C14H23NO4. The first kappa shape index (κ1) is 15.6. The van der Waals surface area contributed by atoms with Crippen LogP contribution in [0.4, 0.5) is 5.69 Å². The van der Waals surface area contributed by atoms with Gasteiger partial charge < -0.3 is 25.0 Å². The number of anilines is 1. The highest BCUT2D eigenvalue weighted by atomic mass is 16.5. The van der Waals surface area contributed by atoms with E-state index < -0.39 is 12.2 Å². The highest BCUT2D eigenvalue weighted by Gasteiger charge is 2.17. The average Bonchev–Trinajstić information content (AvgIpc) is 2.30. The number of nitrogens with zero attached hydrogens (tertiary/aromatic N) is 1. The van der Waals surface area contributed by atoms with E-state index in [9.17, 15) is 15.3 Å². The van der Waals surface area contributed by atoms with E-state index in [4.69, 9.17) is 4.74 Å². The number of aliphatic hydroxyl groups excluding tert-OH is 2. The van der Waals surface area contributed by atoms with Crippen LogP contribution in [0.3, 0.4) is 0 Å². The lowest BCUT2D eigenvalue weighted by Gasteiger charge is -2.29. The number of benzene rings is 1. The Morgan fingerprint density at radius 2 is 1.68 bits per heavy atom. The molecule has 0 aliphatic carbocycles. The minimum absolute atomic E-state index is 0.164. The first-order chi connectivity index (χ1) is 8.85. The maximum Gasteiger partial charge on any atom is 0.142 e. The Labute approximate surface area is 114 Å². The van der Waals surface area contributed by atoms with Gasteiger partial charge in [0.1, 0.15) is 11.5 Å². The van der Waals surface area contributed by atoms with Crippen molar-refractivity contribution in [3.8, 4) is 11.5 Å². The SMILES string of the molecule is COc1cc(C)c(O)cc1N(CC(C)O)CC(C)O. The second kappa shape index (κ2) is 6.63. The third kappa shape index (κ3) is 4.29. The van der Waals surface area contributed by atoms with Crippen molar-refractivity contribution in [2.24, 2.45) is 0 Å². The quantitative estimate of drug-likeness (QED) is 0.725. The second-order valence-electron chi connectivity index (χ2n) is 4.91. The number of rotatable bonds is 6. The smallest absolute Gasteiger partial charge is 0.142 e. The van der Waals surface area contributed by atoms with Crippen molar-refractivity contribution in [1.82, 2.24) is 0 Å². The molecule has 0 saturated carbocycles. The predicted octanol–water partition coefficient (Wildman–Crippen LogP) is 1.28. The maximum absolute atomic E-state index is 9.83. The standard InChI is InChI=1S/C14H23NO4/c1-9-5-14(19-4)12(6-13(9)18)15(7-10(2)16)8-11(3)17/h5-6,10-11,16-18H,7-8H2,1-4H3. The van der Waals surface area contributed by atoms with Crippen molar-refractivity contribution in [2.45, 2.75) is 33.0 Å². The summed E-state index contributed by atoms with van der Waals surface area (Å²) in [5.41, 5.74) is 1.38. The number of phenols is 1. The summed E-state index contributed by atoms with van der Waals surface area (Å²) in [7, 11) is 1.55. The van der Waals surface area contributed by atoms with Crippen LogP contribution in [0.2, 0.25) is 0 Å². The Bertz CT molecular complexity index is 408. The Balaban J connectivity index is 3.16. The van der Waals surface area contributed by atoms with Crippen molar-refractivity contribution in [3.05, 3.63) is 17.7 Å². The molecule has 0 saturated heterocycles. The van der Waals surface area contributed by atoms with Gasteiger partial charge in [-0.1, -0.05) is 0 Å². The molecule has 0 heterocycles. The van der Waals surface area contributed by atoms with E-state index in [1.165, 1.54) is 0 Å². The van der Waals surface area contributed by atoms with E-state index in [1.54, 1.807) is 44.9 Å². The molecule has 108 valence electrons. The molecule has 0 bridgehead atoms. The topological polar surface area (TPSA) is 73.2 Å². The van der Waals surface area contributed by atoms with Crippen molar-refractivity contribution >= 4 is 5.69 Å². The molecule has 5 heteroatoms. The monoisotopic (exact) mass is 269 g/mol. The molecule has 0 aliphatic rings. The molecule has 0 spiro atoms. The fraction of sp³-hybridized carbons (Fsp3) is 0.571. The number of methoxy groups -OCH3 is 1. The average molecular weight is 269 g/mol. The molecule has 5 nitrogen and oxygen atoms in total. The zero-order valence-electron chi connectivity index (χ0n) is 11.9. The summed E-state index contributed by atoms with van der Waals surface area (Å²) in [6, 6.07) is 3.33. The summed E-state index contributed by atoms with van der Waals surface area (Å²) < 4.78 is 5.31. The highest BCUT2D eigenvalue weighted by Crippen LogP contribution is 2.34. The van der Waals surface area contributed by atoms with Gasteiger partial charge in [-0.2, -0.15) is 0 Å². The van der Waals surface area contributed by atoms with Crippen LogP contribution in [-0.2, 0) is 0 Å². The molecule has 2 unspecified atom stereocenters. The van der Waals surface area contributed by atoms with Gasteiger partial charge in [0.15, 0.2) is 0 Å². The number of aromatic hydroxyl groups is 1. The van der Waals surface area contributed by atoms with Gasteiger partial charge in [0.25, 0.3) is 0 Å². The van der Waals surface area contributed by atoms with E-state index in [1.807, 2.05) is 0 Å². The Hall–Kier alpha value is -1.46. The summed E-state index contributed by atoms with van der Waals surface area (Å²) in [6.07, 6.45) is -1.10. The number of phenolic OH excluding ortho intramolecular Hbond substituents is 1. The Morgan fingerprint density at radius 3 is 2.11 bits per heavy atom. The highest BCUT2D eigenvalue weighted by molar-refractivity contribution is 5.63. The molecule has 0 aromatic heterocycles. The van der Waals surface area contributed by atoms with E-state index in [2.05, 4.69) is 0 Å². The number of ether oxygens (including phenoxy) is 1. The summed E-state index contributed by atoms with van der Waals surface area (Å²) >= 11 is 0. The van der Waals surface area contributed by atoms with Crippen LogP contribution in [0.1, 0.15) is 19.4 Å². The van der Waals surface area contributed by atoms with Crippen LogP contribution < -0.4 is 9.64 Å². The number of aryl methyl sites for hydroxylation is 1. The van der Waals surface area contributed by atoms with Crippen LogP contribution in [0.15, 0.2) is 12.1 Å². The van der Waals surface area contributed by atoms with Crippen molar-refractivity contribution in [3.63, 3.8) is 0 Å². The van der Waals surface area contributed by atoms with Crippen LogP contribution in [0.25, 0.3) is 0 Å². The molecular weight excluding hydrogens is 246 g/mol. The van der Waals surface area contributed by atoms with Gasteiger partial charge in [0.05, 0.1) is 25.0 Å². The number of hydrogen-bond donors (Lipinski definition) is 3. The van der Waals surface area contributed by atoms with Gasteiger partial charge in [-0.3, -0.25) is 0 Å². The molecule has 0 amide bonds. The molecule has 0 radical (unpaired) electrons. The van der Waals surface area contributed by atoms with E-state index in [0.717, 1.165) is 5.56 Å². The maximum atomic E-state index is 9.83. The Kier molecular flexibility index (Phi) is 5.44. The molecule has 3 N–H and O–H groups in total. The zero-order valence-corrected chi connectivity index (χ0v) is 11.9. The Morgan fingerprint density at radius 1 is 1.16 bits per heavy atom. The van der Waals surface area contributed by atoms with E-state index in [0.29, 0.717) is 24.5 Å². The van der Waals surface area contributed by atoms with E-state index in [-0.39, 0.29) is 5.75 Å². The lowest BCUT2D eigenvalue weighted by molar-refractivity contribution is 0.178. The first-order valence-electron chi connectivity index (χ1n) is 6.33. The van der Waals surface area contributed by atoms with Crippen LogP contribution in [-0.4, -0.2) is 47.7 Å². The minimum atomic E-state index is -0.549. The van der Waals surface area contributed by atoms with Crippen LogP contribution >= 0.6 is 0 Å². The summed E-state index contributed by atoms with van der Waals surface area (Å²) in [5.74, 6) is 0.772. The fourth-order valence-electron chi connectivity index (χ4n) is 1.98. The predicted molar refractivity (Wildman–Crippen MR) is 75.0 cm³/mol. The number of hydrogen-bond acceptors (Lipinski definition) is 5. The summed E-state index contributed by atoms with van der Waals surface area (Å²) in [6.45, 7) is 5.84. The summed E-state index contributed by atoms with van der Waals surface area (Å²) in [5, 5.41) is 28.9. The van der Waals surface area contributed by atoms with Gasteiger partial charge in [-0.05, 0) is 32.4 Å². The van der Waals surface area contributed by atoms with Crippen LogP contribution in [0, 0.1) is 6.92 Å². The van der Waals surface area contributed by atoms with Gasteiger partial charge in [-0.15, -0.1) is 0 Å². The normalized spacial score (nSPS) is 14.0. The minimum Gasteiger partial charge on any atom is -0.508 e. The molecule has 1 aromatic rings. The number of aliphatic hydroxyl groups is 2. The van der Waals surface area contributed by atoms with Gasteiger partial charge >= 0.3 is 0 Å². The molecule has 1 aromatic carbocycles. The molecule has 2 atom stereocenters. The largest absolute Gasteiger partial charge is 0.508 e. The third-order valence-electron chi connectivity index (χ3n) is 2.81. The van der Waals surface area contributed by atoms with Crippen molar-refractivity contribution < 1.29 is 20.1 Å². The van der Waals surface area contributed by atoms with Crippen molar-refractivity contribution in [2.75, 3.05) is 25.1 Å². The molecule has 1 rings (SSSR count). The lowest BCUT2D eigenvalue weighted by Crippen LogP contribution is -2.36. The van der Waals surface area contributed by atoms with Gasteiger partial charge in [0.2, 0.25) is 0 Å². The van der Waals surface area contributed by atoms with Gasteiger partial charge in [0, 0.05) is 19.2 Å². The lowest BCUT2D eigenvalue weighted by atomic mass is 10.1. The zero-order chi connectivity index (χ0) is 14.6. The fourth-order valence-corrected chi connectivity index (χ4v) is 1.98. The summed E-state index contributed by atoms with van der Waals surface area (Å²) in [4.78, 5) is 1.80. The van der Waals surface area contributed by atoms with Crippen LogP contribution in [0.5, 0.6) is 11.5 Å². The first-order valence-corrected chi connectivity index (χ1v) is 6.33. The van der Waals surface area contributed by atoms with E-state index >= 15 is 0 Å². The third-order valence-corrected chi connectivity index (χ3v) is 2.81.